The van der Waals surface area contributed by atoms with Crippen LogP contribution in [0.5, 0.6) is 0 Å². The molecule has 0 aromatic carbocycles. The predicted molar refractivity (Wildman–Crippen MR) is 96.9 cm³/mol. The molecule has 1 amide bonds. The van der Waals surface area contributed by atoms with Crippen LogP contribution in [0.3, 0.4) is 0 Å². The number of fused-ring (bicyclic) bond motifs is 1. The minimum Gasteiger partial charge on any atom is -0.342 e. The number of nitrogens with zero attached hydrogens (tertiary/aromatic N) is 6. The summed E-state index contributed by atoms with van der Waals surface area (Å²) in [6, 6.07) is 3.77. The lowest BCUT2D eigenvalue weighted by Crippen LogP contribution is -2.39. The first kappa shape index (κ1) is 16.4. The van der Waals surface area contributed by atoms with Gasteiger partial charge in [-0.2, -0.15) is 4.98 Å². The van der Waals surface area contributed by atoms with E-state index in [-0.39, 0.29) is 12.3 Å². The van der Waals surface area contributed by atoms with Gasteiger partial charge in [-0.3, -0.25) is 9.20 Å². The Balaban J connectivity index is 1.34. The first-order chi connectivity index (χ1) is 13.2. The molecule has 0 atom stereocenters. The van der Waals surface area contributed by atoms with Crippen LogP contribution in [0.15, 0.2) is 22.9 Å². The summed E-state index contributed by atoms with van der Waals surface area (Å²) in [7, 11) is 0. The van der Waals surface area contributed by atoms with Gasteiger partial charge in [-0.1, -0.05) is 12.1 Å². The maximum absolute atomic E-state index is 12.6. The highest BCUT2D eigenvalue weighted by Gasteiger charge is 2.29. The van der Waals surface area contributed by atoms with Gasteiger partial charge in [0.15, 0.2) is 11.5 Å². The quantitative estimate of drug-likeness (QED) is 0.705. The minimum atomic E-state index is 0.117. The van der Waals surface area contributed by atoms with Gasteiger partial charge in [0.05, 0.1) is 6.42 Å². The number of likely N-dealkylation sites (tertiary alicyclic amines) is 1. The zero-order valence-corrected chi connectivity index (χ0v) is 15.3. The summed E-state index contributed by atoms with van der Waals surface area (Å²) in [5, 5.41) is 12.5. The molecule has 0 bridgehead atoms. The van der Waals surface area contributed by atoms with Crippen molar-refractivity contribution in [3.8, 4) is 11.5 Å². The number of hydrogen-bond donors (Lipinski definition) is 0. The normalized spacial score (nSPS) is 18.3. The van der Waals surface area contributed by atoms with Crippen molar-refractivity contribution in [1.82, 2.24) is 29.6 Å². The largest absolute Gasteiger partial charge is 0.342 e. The zero-order valence-electron chi connectivity index (χ0n) is 15.3. The fourth-order valence-electron chi connectivity index (χ4n) is 3.56. The van der Waals surface area contributed by atoms with Crippen LogP contribution < -0.4 is 0 Å². The van der Waals surface area contributed by atoms with E-state index in [4.69, 9.17) is 4.52 Å². The molecule has 0 unspecified atom stereocenters. The summed E-state index contributed by atoms with van der Waals surface area (Å²) in [4.78, 5) is 19.0. The molecule has 2 fully saturated rings. The van der Waals surface area contributed by atoms with Gasteiger partial charge in [0.1, 0.15) is 5.82 Å². The summed E-state index contributed by atoms with van der Waals surface area (Å²) in [5.74, 6) is 3.22. The lowest BCUT2D eigenvalue weighted by Gasteiger charge is -2.30. The van der Waals surface area contributed by atoms with Crippen molar-refractivity contribution in [2.24, 2.45) is 5.92 Å². The number of aromatic nitrogens is 5. The maximum Gasteiger partial charge on any atom is 0.258 e. The second kappa shape index (κ2) is 6.44. The fourth-order valence-corrected chi connectivity index (χ4v) is 3.56. The van der Waals surface area contributed by atoms with Crippen molar-refractivity contribution in [1.29, 1.82) is 0 Å². The average Bonchev–Trinajstić information content (AvgIpc) is 3.28. The van der Waals surface area contributed by atoms with Gasteiger partial charge in [-0.15, -0.1) is 10.2 Å². The van der Waals surface area contributed by atoms with E-state index in [0.29, 0.717) is 29.2 Å². The van der Waals surface area contributed by atoms with Gasteiger partial charge in [-0.05, 0) is 43.7 Å². The standard InChI is InChI=1S/C19H22N6O2/c1-12-4-7-24(8-5-12)17(26)11-16-22-21-15-10-14(6-9-25(15)16)19-20-18(23-27-19)13-2-3-13/h6,9-10,12-13H,2-5,7-8,11H2,1H3. The van der Waals surface area contributed by atoms with Crippen LogP contribution in [0.1, 0.15) is 50.2 Å². The van der Waals surface area contributed by atoms with Gasteiger partial charge in [0, 0.05) is 30.8 Å². The van der Waals surface area contributed by atoms with E-state index >= 15 is 0 Å². The van der Waals surface area contributed by atoms with Crippen LogP contribution in [0.2, 0.25) is 0 Å². The van der Waals surface area contributed by atoms with Crippen molar-refractivity contribution in [3.05, 3.63) is 30.0 Å². The molecule has 5 rings (SSSR count). The van der Waals surface area contributed by atoms with E-state index in [9.17, 15) is 4.79 Å². The Morgan fingerprint density at radius 3 is 2.81 bits per heavy atom. The van der Waals surface area contributed by atoms with Gasteiger partial charge in [0.2, 0.25) is 5.91 Å². The minimum absolute atomic E-state index is 0.117. The first-order valence-electron chi connectivity index (χ1n) is 9.63. The molecule has 0 radical (unpaired) electrons. The smallest absolute Gasteiger partial charge is 0.258 e. The molecule has 27 heavy (non-hydrogen) atoms. The number of pyridine rings is 1. The van der Waals surface area contributed by atoms with E-state index in [1.165, 1.54) is 0 Å². The molecule has 0 N–H and O–H groups in total. The molecular weight excluding hydrogens is 344 g/mol. The second-order valence-corrected chi connectivity index (χ2v) is 7.73. The van der Waals surface area contributed by atoms with Crippen LogP contribution >= 0.6 is 0 Å². The lowest BCUT2D eigenvalue weighted by molar-refractivity contribution is -0.131. The highest BCUT2D eigenvalue weighted by atomic mass is 16.5. The van der Waals surface area contributed by atoms with Crippen LogP contribution in [-0.2, 0) is 11.2 Å². The first-order valence-corrected chi connectivity index (χ1v) is 9.63. The average molecular weight is 366 g/mol. The third-order valence-corrected chi connectivity index (χ3v) is 5.56. The third-order valence-electron chi connectivity index (χ3n) is 5.56. The number of hydrogen-bond acceptors (Lipinski definition) is 6. The monoisotopic (exact) mass is 366 g/mol. The molecule has 1 aliphatic heterocycles. The summed E-state index contributed by atoms with van der Waals surface area (Å²) >= 11 is 0. The Bertz CT molecular complexity index is 981. The van der Waals surface area contributed by atoms with Crippen molar-refractivity contribution in [2.75, 3.05) is 13.1 Å². The number of carbonyl (C=O) groups is 1. The van der Waals surface area contributed by atoms with Crippen molar-refractivity contribution in [2.45, 2.75) is 44.9 Å². The lowest BCUT2D eigenvalue weighted by atomic mass is 9.99. The fraction of sp³-hybridized carbons (Fsp3) is 0.526. The molecule has 2 aliphatic rings. The molecule has 1 aliphatic carbocycles. The topological polar surface area (TPSA) is 89.4 Å². The highest BCUT2D eigenvalue weighted by Crippen LogP contribution is 2.38. The Labute approximate surface area is 156 Å². The number of rotatable bonds is 4. The number of carbonyl (C=O) groups excluding carboxylic acids is 1. The highest BCUT2D eigenvalue weighted by molar-refractivity contribution is 5.78. The molecule has 4 heterocycles. The summed E-state index contributed by atoms with van der Waals surface area (Å²) < 4.78 is 7.23. The number of piperidine rings is 1. The summed E-state index contributed by atoms with van der Waals surface area (Å²) in [6.07, 6.45) is 6.55. The van der Waals surface area contributed by atoms with Gasteiger partial charge in [-0.25, -0.2) is 0 Å². The van der Waals surface area contributed by atoms with Gasteiger partial charge in [0.25, 0.3) is 5.89 Å². The van der Waals surface area contributed by atoms with Gasteiger partial charge < -0.3 is 9.42 Å². The molecule has 140 valence electrons. The van der Waals surface area contributed by atoms with E-state index in [0.717, 1.165) is 50.2 Å². The van der Waals surface area contributed by atoms with Crippen LogP contribution in [-0.4, -0.2) is 48.6 Å². The molecule has 8 nitrogen and oxygen atoms in total. The molecule has 1 saturated heterocycles. The van der Waals surface area contributed by atoms with Crippen LogP contribution in [0.4, 0.5) is 0 Å². The number of amides is 1. The van der Waals surface area contributed by atoms with Crippen molar-refractivity contribution in [3.63, 3.8) is 0 Å². The summed E-state index contributed by atoms with van der Waals surface area (Å²) in [5.41, 5.74) is 1.49. The molecule has 3 aromatic heterocycles. The predicted octanol–water partition coefficient (Wildman–Crippen LogP) is 2.46. The van der Waals surface area contributed by atoms with E-state index in [2.05, 4.69) is 27.3 Å². The Morgan fingerprint density at radius 1 is 1.22 bits per heavy atom. The molecule has 0 spiro atoms. The maximum atomic E-state index is 12.6. The van der Waals surface area contributed by atoms with Gasteiger partial charge >= 0.3 is 0 Å². The zero-order chi connectivity index (χ0) is 18.4. The van der Waals surface area contributed by atoms with Crippen molar-refractivity contribution >= 4 is 11.6 Å². The van der Waals surface area contributed by atoms with E-state index in [1.54, 1.807) is 0 Å². The molecule has 3 aromatic rings. The van der Waals surface area contributed by atoms with E-state index < -0.39 is 0 Å². The molecule has 8 heteroatoms. The SMILES string of the molecule is CC1CCN(C(=O)Cc2nnc3cc(-c4nc(C5CC5)no4)ccn23)CC1. The Hall–Kier alpha value is -2.77. The van der Waals surface area contributed by atoms with Crippen molar-refractivity contribution < 1.29 is 9.32 Å². The summed E-state index contributed by atoms with van der Waals surface area (Å²) in [6.45, 7) is 3.91. The van der Waals surface area contributed by atoms with Crippen LogP contribution in [0, 0.1) is 5.92 Å². The second-order valence-electron chi connectivity index (χ2n) is 7.73. The van der Waals surface area contributed by atoms with E-state index in [1.807, 2.05) is 27.6 Å². The molecule has 1 saturated carbocycles. The Kier molecular flexibility index (Phi) is 3.91. The molecular formula is C19H22N6O2. The third kappa shape index (κ3) is 3.20. The van der Waals surface area contributed by atoms with Crippen LogP contribution in [0.25, 0.3) is 17.1 Å². The Morgan fingerprint density at radius 2 is 2.04 bits per heavy atom.